The number of hydrogen-bond acceptors (Lipinski definition) is 4. The van der Waals surface area contributed by atoms with Crippen LogP contribution in [0, 0.1) is 5.82 Å². The van der Waals surface area contributed by atoms with Crippen LogP contribution >= 0.6 is 0 Å². The smallest absolute Gasteiger partial charge is 0.255 e. The van der Waals surface area contributed by atoms with E-state index in [-0.39, 0.29) is 11.5 Å². The molecule has 6 nitrogen and oxygen atoms in total. The van der Waals surface area contributed by atoms with E-state index in [1.807, 2.05) is 6.07 Å². The molecule has 0 bridgehead atoms. The van der Waals surface area contributed by atoms with Crippen LogP contribution in [0.4, 0.5) is 10.1 Å². The molecule has 2 aromatic carbocycles. The van der Waals surface area contributed by atoms with E-state index in [4.69, 9.17) is 10.5 Å². The molecule has 1 aliphatic rings. The molecule has 3 rings (SSSR count). The molecule has 27 heavy (non-hydrogen) atoms. The molecule has 0 radical (unpaired) electrons. The summed E-state index contributed by atoms with van der Waals surface area (Å²) >= 11 is 0. The van der Waals surface area contributed by atoms with Crippen molar-refractivity contribution in [3.63, 3.8) is 0 Å². The third-order valence-electron chi connectivity index (χ3n) is 4.56. The van der Waals surface area contributed by atoms with Gasteiger partial charge in [-0.15, -0.1) is 0 Å². The van der Waals surface area contributed by atoms with Crippen molar-refractivity contribution in [1.29, 1.82) is 0 Å². The summed E-state index contributed by atoms with van der Waals surface area (Å²) in [5.74, 6) is -1.08. The molecule has 1 fully saturated rings. The number of hydrogen-bond donors (Lipinski definition) is 3. The zero-order chi connectivity index (χ0) is 19.3. The number of amides is 2. The summed E-state index contributed by atoms with van der Waals surface area (Å²) in [5.41, 5.74) is 6.87. The average molecular weight is 371 g/mol. The molecule has 1 aliphatic heterocycles. The first-order valence-electron chi connectivity index (χ1n) is 8.77. The van der Waals surface area contributed by atoms with E-state index in [2.05, 4.69) is 10.6 Å². The summed E-state index contributed by atoms with van der Waals surface area (Å²) < 4.78 is 18.5. The molecular weight excluding hydrogens is 349 g/mol. The highest BCUT2D eigenvalue weighted by molar-refractivity contribution is 6.04. The van der Waals surface area contributed by atoms with Crippen LogP contribution in [0.15, 0.2) is 48.5 Å². The summed E-state index contributed by atoms with van der Waals surface area (Å²) in [4.78, 5) is 24.6. The van der Waals surface area contributed by atoms with Crippen molar-refractivity contribution in [2.75, 3.05) is 18.5 Å². The Bertz CT molecular complexity index is 835. The number of carbonyl (C=O) groups excluding carboxylic acids is 2. The van der Waals surface area contributed by atoms with E-state index < -0.39 is 17.3 Å². The number of benzene rings is 2. The van der Waals surface area contributed by atoms with Crippen LogP contribution in [-0.4, -0.2) is 30.6 Å². The number of nitrogens with one attached hydrogen (secondary N) is 2. The number of anilines is 1. The van der Waals surface area contributed by atoms with Crippen molar-refractivity contribution in [3.8, 4) is 0 Å². The first-order valence-corrected chi connectivity index (χ1v) is 8.77. The van der Waals surface area contributed by atoms with E-state index in [0.29, 0.717) is 38.3 Å². The van der Waals surface area contributed by atoms with Crippen molar-refractivity contribution in [2.24, 2.45) is 5.73 Å². The fraction of sp³-hybridized carbons (Fsp3) is 0.300. The molecule has 142 valence electrons. The predicted octanol–water partition coefficient (Wildman–Crippen LogP) is 2.20. The summed E-state index contributed by atoms with van der Waals surface area (Å²) in [6.07, 6.45) is 0.977. The first-order chi connectivity index (χ1) is 13.0. The molecule has 4 N–H and O–H groups in total. The van der Waals surface area contributed by atoms with Crippen molar-refractivity contribution in [3.05, 3.63) is 65.5 Å². The summed E-state index contributed by atoms with van der Waals surface area (Å²) in [6, 6.07) is 12.6. The van der Waals surface area contributed by atoms with Gasteiger partial charge in [-0.05, 0) is 48.7 Å². The second kappa shape index (κ2) is 8.28. The minimum atomic E-state index is -0.901. The van der Waals surface area contributed by atoms with Gasteiger partial charge >= 0.3 is 0 Å². The zero-order valence-electron chi connectivity index (χ0n) is 14.8. The van der Waals surface area contributed by atoms with Crippen LogP contribution in [0.3, 0.4) is 0 Å². The maximum Gasteiger partial charge on any atom is 0.255 e. The Morgan fingerprint density at radius 3 is 2.59 bits per heavy atom. The van der Waals surface area contributed by atoms with Crippen LogP contribution in [0.2, 0.25) is 0 Å². The number of ether oxygens (including phenoxy) is 1. The van der Waals surface area contributed by atoms with Crippen molar-refractivity contribution in [1.82, 2.24) is 5.32 Å². The lowest BCUT2D eigenvalue weighted by Gasteiger charge is -2.31. The fourth-order valence-corrected chi connectivity index (χ4v) is 2.91. The van der Waals surface area contributed by atoms with Gasteiger partial charge in [-0.1, -0.05) is 18.2 Å². The summed E-state index contributed by atoms with van der Waals surface area (Å²) in [5, 5.41) is 5.57. The minimum absolute atomic E-state index is 0.208. The first kappa shape index (κ1) is 19.0. The fourth-order valence-electron chi connectivity index (χ4n) is 2.91. The van der Waals surface area contributed by atoms with Crippen LogP contribution < -0.4 is 16.4 Å². The largest absolute Gasteiger partial charge is 0.381 e. The van der Waals surface area contributed by atoms with Gasteiger partial charge in [0.2, 0.25) is 5.91 Å². The Labute approximate surface area is 156 Å². The van der Waals surface area contributed by atoms with E-state index in [0.717, 1.165) is 5.56 Å². The maximum atomic E-state index is 13.3. The van der Waals surface area contributed by atoms with Gasteiger partial charge < -0.3 is 21.1 Å². The van der Waals surface area contributed by atoms with Crippen LogP contribution in [0.25, 0.3) is 0 Å². The Morgan fingerprint density at radius 2 is 1.85 bits per heavy atom. The third-order valence-corrected chi connectivity index (χ3v) is 4.56. The minimum Gasteiger partial charge on any atom is -0.381 e. The second-order valence-corrected chi connectivity index (χ2v) is 6.62. The molecule has 0 atom stereocenters. The predicted molar refractivity (Wildman–Crippen MR) is 99.6 cm³/mol. The lowest BCUT2D eigenvalue weighted by Crippen LogP contribution is -2.56. The molecule has 0 spiro atoms. The van der Waals surface area contributed by atoms with Gasteiger partial charge in [0.1, 0.15) is 5.82 Å². The third kappa shape index (κ3) is 4.90. The second-order valence-electron chi connectivity index (χ2n) is 6.62. The van der Waals surface area contributed by atoms with Gasteiger partial charge in [0.15, 0.2) is 0 Å². The normalized spacial score (nSPS) is 15.8. The monoisotopic (exact) mass is 371 g/mol. The topological polar surface area (TPSA) is 93.5 Å². The van der Waals surface area contributed by atoms with Crippen molar-refractivity contribution in [2.45, 2.75) is 24.9 Å². The Balaban J connectivity index is 1.60. The molecule has 0 unspecified atom stereocenters. The molecular formula is C20H22FN3O3. The van der Waals surface area contributed by atoms with Crippen molar-refractivity contribution >= 4 is 17.5 Å². The maximum absolute atomic E-state index is 13.3. The van der Waals surface area contributed by atoms with Crippen molar-refractivity contribution < 1.29 is 18.7 Å². The molecule has 2 amide bonds. The number of halogens is 1. The van der Waals surface area contributed by atoms with E-state index >= 15 is 0 Å². The van der Waals surface area contributed by atoms with E-state index in [9.17, 15) is 14.0 Å². The van der Waals surface area contributed by atoms with E-state index in [1.165, 1.54) is 24.3 Å². The molecule has 7 heteroatoms. The SMILES string of the molecule is NC1(C(=O)NCc2cccc(NC(=O)c3cccc(F)c3)c2)CCOCC1. The average Bonchev–Trinajstić information content (AvgIpc) is 2.67. The van der Waals surface area contributed by atoms with Crippen LogP contribution in [0.1, 0.15) is 28.8 Å². The van der Waals surface area contributed by atoms with Gasteiger partial charge in [0, 0.05) is 31.0 Å². The summed E-state index contributed by atoms with van der Waals surface area (Å²) in [7, 11) is 0. The highest BCUT2D eigenvalue weighted by Gasteiger charge is 2.35. The van der Waals surface area contributed by atoms with Gasteiger partial charge in [0.25, 0.3) is 5.91 Å². The lowest BCUT2D eigenvalue weighted by molar-refractivity contribution is -0.129. The Kier molecular flexibility index (Phi) is 5.83. The lowest BCUT2D eigenvalue weighted by atomic mass is 9.90. The molecule has 0 aromatic heterocycles. The van der Waals surface area contributed by atoms with Crippen LogP contribution in [0.5, 0.6) is 0 Å². The summed E-state index contributed by atoms with van der Waals surface area (Å²) in [6.45, 7) is 1.25. The highest BCUT2D eigenvalue weighted by Crippen LogP contribution is 2.18. The Morgan fingerprint density at radius 1 is 1.11 bits per heavy atom. The number of rotatable bonds is 5. The standard InChI is InChI=1S/C20H22FN3O3/c21-16-5-2-4-15(12-16)18(25)24-17-6-1-3-14(11-17)13-23-19(26)20(22)7-9-27-10-8-20/h1-6,11-12H,7-10,13,22H2,(H,23,26)(H,24,25). The van der Waals surface area contributed by atoms with Gasteiger partial charge in [-0.3, -0.25) is 9.59 Å². The zero-order valence-corrected chi connectivity index (χ0v) is 14.8. The molecule has 2 aromatic rings. The van der Waals surface area contributed by atoms with Gasteiger partial charge in [-0.2, -0.15) is 0 Å². The van der Waals surface area contributed by atoms with Gasteiger partial charge in [0.05, 0.1) is 5.54 Å². The highest BCUT2D eigenvalue weighted by atomic mass is 19.1. The Hall–Kier alpha value is -2.77. The molecule has 0 saturated carbocycles. The van der Waals surface area contributed by atoms with Crippen LogP contribution in [-0.2, 0) is 16.1 Å². The molecule has 1 heterocycles. The number of carbonyl (C=O) groups is 2. The van der Waals surface area contributed by atoms with Gasteiger partial charge in [-0.25, -0.2) is 4.39 Å². The molecule has 0 aliphatic carbocycles. The molecule has 1 saturated heterocycles. The number of nitrogens with two attached hydrogens (primary N) is 1. The van der Waals surface area contributed by atoms with E-state index in [1.54, 1.807) is 18.2 Å². The quantitative estimate of drug-likeness (QED) is 0.751.